The van der Waals surface area contributed by atoms with E-state index < -0.39 is 5.63 Å². The zero-order valence-electron chi connectivity index (χ0n) is 10.5. The van der Waals surface area contributed by atoms with E-state index in [4.69, 9.17) is 16.6 Å². The maximum absolute atomic E-state index is 12.0. The topological polar surface area (TPSA) is 59.3 Å². The van der Waals surface area contributed by atoms with Crippen molar-refractivity contribution >= 4 is 23.1 Å². The molecule has 1 amide bonds. The van der Waals surface area contributed by atoms with Gasteiger partial charge in [-0.2, -0.15) is 0 Å². The fraction of sp³-hybridized carbons (Fsp3) is 0.500. The normalized spacial score (nSPS) is 18.1. The van der Waals surface area contributed by atoms with E-state index in [1.54, 1.807) is 0 Å². The summed E-state index contributed by atoms with van der Waals surface area (Å²) in [6.07, 6.45) is 5.92. The Morgan fingerprint density at radius 2 is 2.16 bits per heavy atom. The summed E-state index contributed by atoms with van der Waals surface area (Å²) in [7, 11) is 0. The standard InChI is InChI=1S/C14H15NO3S/c16-12-6-9(3-1-2-8-4-5-8)13-10(18-12)7-11(19)15-14(13)17/h6,8H,1-5,7H2,(H,15,17,19). The van der Waals surface area contributed by atoms with Crippen molar-refractivity contribution in [2.24, 2.45) is 5.92 Å². The van der Waals surface area contributed by atoms with E-state index in [2.05, 4.69) is 5.32 Å². The fourth-order valence-corrected chi connectivity index (χ4v) is 2.78. The second-order valence-corrected chi connectivity index (χ2v) is 5.77. The highest BCUT2D eigenvalue weighted by atomic mass is 32.1. The lowest BCUT2D eigenvalue weighted by Gasteiger charge is -2.18. The molecule has 0 aromatic carbocycles. The monoisotopic (exact) mass is 277 g/mol. The fourth-order valence-electron chi connectivity index (χ4n) is 2.56. The molecule has 0 unspecified atom stereocenters. The van der Waals surface area contributed by atoms with Crippen LogP contribution in [-0.2, 0) is 12.8 Å². The van der Waals surface area contributed by atoms with Crippen LogP contribution in [0.2, 0.25) is 0 Å². The first-order chi connectivity index (χ1) is 9.13. The summed E-state index contributed by atoms with van der Waals surface area (Å²) in [5.41, 5.74) is 0.925. The van der Waals surface area contributed by atoms with Crippen LogP contribution in [0.5, 0.6) is 0 Å². The van der Waals surface area contributed by atoms with E-state index in [1.807, 2.05) is 0 Å². The number of amides is 1. The number of carbonyl (C=O) groups excluding carboxylic acids is 1. The van der Waals surface area contributed by atoms with E-state index in [-0.39, 0.29) is 5.91 Å². The summed E-state index contributed by atoms with van der Waals surface area (Å²) in [5.74, 6) is 1.04. The van der Waals surface area contributed by atoms with Crippen molar-refractivity contribution in [3.8, 4) is 0 Å². The first kappa shape index (κ1) is 12.5. The van der Waals surface area contributed by atoms with E-state index >= 15 is 0 Å². The molecule has 1 saturated carbocycles. The number of rotatable bonds is 4. The van der Waals surface area contributed by atoms with Gasteiger partial charge in [0.2, 0.25) is 0 Å². The van der Waals surface area contributed by atoms with Crippen molar-refractivity contribution in [3.63, 3.8) is 0 Å². The van der Waals surface area contributed by atoms with Gasteiger partial charge in [0.15, 0.2) is 0 Å². The largest absolute Gasteiger partial charge is 0.427 e. The van der Waals surface area contributed by atoms with Gasteiger partial charge >= 0.3 is 5.63 Å². The number of aryl methyl sites for hydroxylation is 1. The zero-order chi connectivity index (χ0) is 13.4. The lowest BCUT2D eigenvalue weighted by atomic mass is 9.97. The molecule has 1 aliphatic heterocycles. The van der Waals surface area contributed by atoms with Gasteiger partial charge in [0.05, 0.1) is 17.0 Å². The van der Waals surface area contributed by atoms with Crippen LogP contribution in [0, 0.1) is 5.92 Å². The molecule has 0 bridgehead atoms. The minimum absolute atomic E-state index is 0.239. The summed E-state index contributed by atoms with van der Waals surface area (Å²) in [6.45, 7) is 0. The molecule has 19 heavy (non-hydrogen) atoms. The molecule has 0 saturated heterocycles. The van der Waals surface area contributed by atoms with Crippen molar-refractivity contribution in [3.05, 3.63) is 33.4 Å². The number of hydrogen-bond donors (Lipinski definition) is 1. The van der Waals surface area contributed by atoms with Crippen LogP contribution in [0.25, 0.3) is 0 Å². The van der Waals surface area contributed by atoms with Gasteiger partial charge in [-0.15, -0.1) is 0 Å². The molecule has 0 radical (unpaired) electrons. The minimum atomic E-state index is -0.391. The van der Waals surface area contributed by atoms with Gasteiger partial charge in [-0.25, -0.2) is 4.79 Å². The van der Waals surface area contributed by atoms with E-state index in [0.29, 0.717) is 22.7 Å². The second-order valence-electron chi connectivity index (χ2n) is 5.28. The van der Waals surface area contributed by atoms with Crippen LogP contribution in [0.3, 0.4) is 0 Å². The van der Waals surface area contributed by atoms with Gasteiger partial charge in [0.25, 0.3) is 5.91 Å². The van der Waals surface area contributed by atoms with Crippen LogP contribution in [0.1, 0.15) is 47.4 Å². The summed E-state index contributed by atoms with van der Waals surface area (Å²) in [4.78, 5) is 23.9. The quantitative estimate of drug-likeness (QED) is 0.855. The third-order valence-corrected chi connectivity index (χ3v) is 3.92. The molecule has 4 nitrogen and oxygen atoms in total. The maximum Gasteiger partial charge on any atom is 0.336 e. The summed E-state index contributed by atoms with van der Waals surface area (Å²) < 4.78 is 5.12. The zero-order valence-corrected chi connectivity index (χ0v) is 11.3. The number of thiocarbonyl (C=S) groups is 1. The van der Waals surface area contributed by atoms with Crippen molar-refractivity contribution in [1.29, 1.82) is 0 Å². The van der Waals surface area contributed by atoms with Crippen molar-refractivity contribution in [2.75, 3.05) is 0 Å². The maximum atomic E-state index is 12.0. The molecule has 0 atom stereocenters. The van der Waals surface area contributed by atoms with Crippen molar-refractivity contribution < 1.29 is 9.21 Å². The lowest BCUT2D eigenvalue weighted by Crippen LogP contribution is -2.37. The predicted molar refractivity (Wildman–Crippen MR) is 74.4 cm³/mol. The van der Waals surface area contributed by atoms with Crippen LogP contribution in [0.15, 0.2) is 15.3 Å². The Balaban J connectivity index is 1.87. The molecule has 1 N–H and O–H groups in total. The van der Waals surface area contributed by atoms with Crippen molar-refractivity contribution in [2.45, 2.75) is 38.5 Å². The Morgan fingerprint density at radius 3 is 2.89 bits per heavy atom. The molecule has 2 heterocycles. The van der Waals surface area contributed by atoms with E-state index in [9.17, 15) is 9.59 Å². The first-order valence-corrected chi connectivity index (χ1v) is 7.04. The molecule has 0 spiro atoms. The van der Waals surface area contributed by atoms with Crippen LogP contribution < -0.4 is 10.9 Å². The molecule has 1 aromatic rings. The Hall–Kier alpha value is -1.49. The van der Waals surface area contributed by atoms with Crippen molar-refractivity contribution in [1.82, 2.24) is 5.32 Å². The molecular weight excluding hydrogens is 262 g/mol. The second kappa shape index (κ2) is 4.89. The SMILES string of the molecule is O=C1NC(=S)Cc2oc(=O)cc(CCCC3CC3)c21. The van der Waals surface area contributed by atoms with Gasteiger partial charge in [0, 0.05) is 6.07 Å². The number of fused-ring (bicyclic) bond motifs is 1. The average Bonchev–Trinajstić information content (AvgIpc) is 3.11. The molecule has 100 valence electrons. The Labute approximate surface area is 116 Å². The molecule has 3 rings (SSSR count). The predicted octanol–water partition coefficient (Wildman–Crippen LogP) is 1.99. The lowest BCUT2D eigenvalue weighted by molar-refractivity contribution is 0.0968. The van der Waals surface area contributed by atoms with Gasteiger partial charge < -0.3 is 9.73 Å². The Morgan fingerprint density at radius 1 is 1.37 bits per heavy atom. The number of hydrogen-bond acceptors (Lipinski definition) is 4. The molecule has 1 fully saturated rings. The van der Waals surface area contributed by atoms with E-state index in [0.717, 1.165) is 24.3 Å². The Bertz CT molecular complexity index is 601. The number of nitrogens with one attached hydrogen (secondary N) is 1. The van der Waals surface area contributed by atoms with E-state index in [1.165, 1.54) is 25.3 Å². The highest BCUT2D eigenvalue weighted by molar-refractivity contribution is 7.80. The van der Waals surface area contributed by atoms with Gasteiger partial charge in [0.1, 0.15) is 5.76 Å². The highest BCUT2D eigenvalue weighted by Gasteiger charge is 2.26. The molecule has 1 aromatic heterocycles. The van der Waals surface area contributed by atoms with Gasteiger partial charge in [-0.05, 0) is 24.3 Å². The summed E-state index contributed by atoms with van der Waals surface area (Å²) in [5, 5.41) is 2.64. The van der Waals surface area contributed by atoms with Gasteiger partial charge in [-0.3, -0.25) is 4.79 Å². The molecular formula is C14H15NO3S. The molecule has 5 heteroatoms. The first-order valence-electron chi connectivity index (χ1n) is 6.63. The van der Waals surface area contributed by atoms with Gasteiger partial charge in [-0.1, -0.05) is 31.5 Å². The molecule has 2 aliphatic rings. The number of carbonyl (C=O) groups is 1. The van der Waals surface area contributed by atoms with Crippen LogP contribution >= 0.6 is 12.2 Å². The highest BCUT2D eigenvalue weighted by Crippen LogP contribution is 2.34. The average molecular weight is 277 g/mol. The minimum Gasteiger partial charge on any atom is -0.427 e. The summed E-state index contributed by atoms with van der Waals surface area (Å²) >= 11 is 4.98. The molecule has 1 aliphatic carbocycles. The summed E-state index contributed by atoms with van der Waals surface area (Å²) in [6, 6.07) is 1.44. The van der Waals surface area contributed by atoms with Crippen LogP contribution in [0.4, 0.5) is 0 Å². The Kier molecular flexibility index (Phi) is 3.22. The smallest absolute Gasteiger partial charge is 0.336 e. The third-order valence-electron chi connectivity index (χ3n) is 3.67. The third kappa shape index (κ3) is 2.76. The van der Waals surface area contributed by atoms with Crippen LogP contribution in [-0.4, -0.2) is 10.9 Å².